The van der Waals surface area contributed by atoms with Gasteiger partial charge in [-0.1, -0.05) is 29.5 Å². The zero-order valence-corrected chi connectivity index (χ0v) is 21.0. The predicted octanol–water partition coefficient (Wildman–Crippen LogP) is 4.77. The first kappa shape index (κ1) is 22.7. The molecule has 2 amide bonds. The molecule has 2 aromatic carbocycles. The number of fused-ring (bicyclic) bond motifs is 3. The van der Waals surface area contributed by atoms with Crippen molar-refractivity contribution in [2.75, 3.05) is 33.3 Å². The van der Waals surface area contributed by atoms with E-state index in [0.717, 1.165) is 54.7 Å². The van der Waals surface area contributed by atoms with Gasteiger partial charge in [-0.15, -0.1) is 0 Å². The number of amides is 2. The Bertz CT molecular complexity index is 1330. The van der Waals surface area contributed by atoms with Gasteiger partial charge in [0.1, 0.15) is 5.75 Å². The Morgan fingerprint density at radius 2 is 1.94 bits per heavy atom. The number of ether oxygens (including phenoxy) is 1. The first-order chi connectivity index (χ1) is 16.4. The fraction of sp³-hybridized carbons (Fsp3) is 0.385. The number of aryl methyl sites for hydroxylation is 1. The highest BCUT2D eigenvalue weighted by Crippen LogP contribution is 2.35. The van der Waals surface area contributed by atoms with Crippen LogP contribution in [0.5, 0.6) is 5.75 Å². The SMILES string of the molecule is COc1cccc(-c2nc3sc4cc(C)ccc4n3c2CN2CCN(C(=O)NC(C)C)CC2)c1. The van der Waals surface area contributed by atoms with E-state index in [-0.39, 0.29) is 12.1 Å². The summed E-state index contributed by atoms with van der Waals surface area (Å²) in [4.78, 5) is 22.8. The van der Waals surface area contributed by atoms with E-state index in [9.17, 15) is 4.79 Å². The van der Waals surface area contributed by atoms with Crippen LogP contribution in [-0.4, -0.2) is 64.5 Å². The van der Waals surface area contributed by atoms with Crippen molar-refractivity contribution in [3.63, 3.8) is 0 Å². The van der Waals surface area contributed by atoms with Crippen molar-refractivity contribution in [2.24, 2.45) is 0 Å². The molecular weight excluding hydrogens is 446 g/mol. The van der Waals surface area contributed by atoms with Crippen molar-refractivity contribution < 1.29 is 9.53 Å². The molecular formula is C26H31N5O2S. The Hall–Kier alpha value is -3.10. The van der Waals surface area contributed by atoms with Crippen molar-refractivity contribution in [3.05, 3.63) is 53.7 Å². The van der Waals surface area contributed by atoms with Gasteiger partial charge in [0, 0.05) is 44.3 Å². The van der Waals surface area contributed by atoms with Gasteiger partial charge >= 0.3 is 6.03 Å². The molecule has 0 spiro atoms. The van der Waals surface area contributed by atoms with Crippen molar-refractivity contribution in [1.29, 1.82) is 0 Å². The van der Waals surface area contributed by atoms with Crippen molar-refractivity contribution >= 4 is 32.5 Å². The van der Waals surface area contributed by atoms with Crippen LogP contribution < -0.4 is 10.1 Å². The van der Waals surface area contributed by atoms with Crippen molar-refractivity contribution in [2.45, 2.75) is 33.4 Å². The first-order valence-corrected chi connectivity index (χ1v) is 12.6. The van der Waals surface area contributed by atoms with E-state index in [1.807, 2.05) is 30.9 Å². The van der Waals surface area contributed by atoms with E-state index in [4.69, 9.17) is 9.72 Å². The Labute approximate surface area is 204 Å². The Balaban J connectivity index is 1.49. The third-order valence-corrected chi connectivity index (χ3v) is 7.29. The number of imidazole rings is 1. The number of methoxy groups -OCH3 is 1. The number of carbonyl (C=O) groups is 1. The van der Waals surface area contributed by atoms with Crippen LogP contribution in [0.4, 0.5) is 4.79 Å². The lowest BCUT2D eigenvalue weighted by Gasteiger charge is -2.35. The average Bonchev–Trinajstić information content (AvgIpc) is 3.35. The number of hydrogen-bond acceptors (Lipinski definition) is 5. The van der Waals surface area contributed by atoms with Crippen LogP contribution in [-0.2, 0) is 6.54 Å². The normalized spacial score (nSPS) is 14.9. The molecule has 4 aromatic rings. The number of hydrogen-bond donors (Lipinski definition) is 1. The van der Waals surface area contributed by atoms with E-state index in [1.54, 1.807) is 18.4 Å². The summed E-state index contributed by atoms with van der Waals surface area (Å²) in [6, 6.07) is 14.9. The predicted molar refractivity (Wildman–Crippen MR) is 138 cm³/mol. The largest absolute Gasteiger partial charge is 0.497 e. The minimum atomic E-state index is 0.0256. The maximum atomic E-state index is 12.4. The van der Waals surface area contributed by atoms with Crippen LogP contribution in [0.25, 0.3) is 26.4 Å². The van der Waals surface area contributed by atoms with E-state index < -0.39 is 0 Å². The molecule has 0 radical (unpaired) electrons. The molecule has 0 aliphatic carbocycles. The number of piperazine rings is 1. The van der Waals surface area contributed by atoms with E-state index in [1.165, 1.54) is 21.5 Å². The molecule has 3 heterocycles. The topological polar surface area (TPSA) is 62.1 Å². The fourth-order valence-electron chi connectivity index (χ4n) is 4.54. The van der Waals surface area contributed by atoms with Gasteiger partial charge in [0.05, 0.1) is 28.7 Å². The smallest absolute Gasteiger partial charge is 0.317 e. The molecule has 1 aliphatic rings. The maximum Gasteiger partial charge on any atom is 0.317 e. The van der Waals surface area contributed by atoms with Crippen LogP contribution in [0.15, 0.2) is 42.5 Å². The molecule has 7 nitrogen and oxygen atoms in total. The molecule has 1 fully saturated rings. The van der Waals surface area contributed by atoms with Crippen molar-refractivity contribution in [3.8, 4) is 17.0 Å². The summed E-state index contributed by atoms with van der Waals surface area (Å²) >= 11 is 1.73. The monoisotopic (exact) mass is 477 g/mol. The van der Waals surface area contributed by atoms with E-state index >= 15 is 0 Å². The number of thiazole rings is 1. The van der Waals surface area contributed by atoms with Gasteiger partial charge < -0.3 is 15.0 Å². The molecule has 34 heavy (non-hydrogen) atoms. The molecule has 1 saturated heterocycles. The van der Waals surface area contributed by atoms with Gasteiger partial charge in [0.15, 0.2) is 4.96 Å². The Morgan fingerprint density at radius 1 is 1.15 bits per heavy atom. The lowest BCUT2D eigenvalue weighted by molar-refractivity contribution is 0.133. The maximum absolute atomic E-state index is 12.4. The summed E-state index contributed by atoms with van der Waals surface area (Å²) in [6.45, 7) is 9.98. The minimum absolute atomic E-state index is 0.0256. The van der Waals surface area contributed by atoms with E-state index in [2.05, 4.69) is 51.9 Å². The second-order valence-electron chi connectivity index (χ2n) is 9.20. The highest BCUT2D eigenvalue weighted by molar-refractivity contribution is 7.23. The van der Waals surface area contributed by atoms with Crippen LogP contribution in [0.3, 0.4) is 0 Å². The number of urea groups is 1. The number of rotatable bonds is 5. The number of nitrogens with zero attached hydrogens (tertiary/aromatic N) is 4. The lowest BCUT2D eigenvalue weighted by atomic mass is 10.1. The lowest BCUT2D eigenvalue weighted by Crippen LogP contribution is -2.52. The molecule has 0 saturated carbocycles. The second kappa shape index (κ2) is 9.27. The molecule has 8 heteroatoms. The summed E-state index contributed by atoms with van der Waals surface area (Å²) < 4.78 is 9.04. The second-order valence-corrected chi connectivity index (χ2v) is 10.2. The van der Waals surface area contributed by atoms with Crippen LogP contribution in [0.2, 0.25) is 0 Å². The molecule has 0 atom stereocenters. The van der Waals surface area contributed by atoms with Gasteiger partial charge in [0.2, 0.25) is 0 Å². The molecule has 0 bridgehead atoms. The van der Waals surface area contributed by atoms with Gasteiger partial charge in [-0.3, -0.25) is 9.30 Å². The van der Waals surface area contributed by atoms with Gasteiger partial charge in [-0.2, -0.15) is 0 Å². The molecule has 178 valence electrons. The summed E-state index contributed by atoms with van der Waals surface area (Å²) in [5.41, 5.74) is 5.67. The highest BCUT2D eigenvalue weighted by atomic mass is 32.1. The standard InChI is InChI=1S/C26H31N5O2S/c1-17(2)27-25(32)30-12-10-29(11-13-30)16-22-24(19-6-5-7-20(15-19)33-4)28-26-31(22)21-9-8-18(3)14-23(21)34-26/h5-9,14-15,17H,10-13,16H2,1-4H3,(H,27,32). The van der Waals surface area contributed by atoms with Gasteiger partial charge in [-0.05, 0) is 50.6 Å². The van der Waals surface area contributed by atoms with E-state index in [0.29, 0.717) is 0 Å². The number of aromatic nitrogens is 2. The molecule has 2 aromatic heterocycles. The highest BCUT2D eigenvalue weighted by Gasteiger charge is 2.25. The minimum Gasteiger partial charge on any atom is -0.497 e. The summed E-state index contributed by atoms with van der Waals surface area (Å²) in [7, 11) is 1.69. The number of benzene rings is 2. The molecule has 0 unspecified atom stereocenters. The zero-order chi connectivity index (χ0) is 23.8. The fourth-order valence-corrected chi connectivity index (χ4v) is 5.68. The van der Waals surface area contributed by atoms with Gasteiger partial charge in [-0.25, -0.2) is 9.78 Å². The molecule has 5 rings (SSSR count). The van der Waals surface area contributed by atoms with Gasteiger partial charge in [0.25, 0.3) is 0 Å². The zero-order valence-electron chi connectivity index (χ0n) is 20.2. The van der Waals surface area contributed by atoms with Crippen LogP contribution >= 0.6 is 11.3 Å². The third-order valence-electron chi connectivity index (χ3n) is 6.29. The Kier molecular flexibility index (Phi) is 6.18. The molecule has 1 N–H and O–H groups in total. The Morgan fingerprint density at radius 3 is 2.68 bits per heavy atom. The summed E-state index contributed by atoms with van der Waals surface area (Å²) in [5, 5.41) is 3.00. The van der Waals surface area contributed by atoms with Crippen LogP contribution in [0, 0.1) is 6.92 Å². The molecule has 1 aliphatic heterocycles. The summed E-state index contributed by atoms with van der Waals surface area (Å²) in [5.74, 6) is 0.824. The number of nitrogens with one attached hydrogen (secondary N) is 1. The first-order valence-electron chi connectivity index (χ1n) is 11.8. The van der Waals surface area contributed by atoms with Crippen molar-refractivity contribution in [1.82, 2.24) is 24.5 Å². The number of carbonyl (C=O) groups excluding carboxylic acids is 1. The third kappa shape index (κ3) is 4.35. The van der Waals surface area contributed by atoms with Crippen LogP contribution in [0.1, 0.15) is 25.1 Å². The summed E-state index contributed by atoms with van der Waals surface area (Å²) in [6.07, 6.45) is 0. The average molecular weight is 478 g/mol. The quantitative estimate of drug-likeness (QED) is 0.450.